The summed E-state index contributed by atoms with van der Waals surface area (Å²) in [4.78, 5) is 5.87. The lowest BCUT2D eigenvalue weighted by Gasteiger charge is -2.12. The molecule has 0 bridgehead atoms. The first-order chi connectivity index (χ1) is 12.7. The lowest BCUT2D eigenvalue weighted by atomic mass is 10.0. The molecule has 0 radical (unpaired) electrons. The van der Waals surface area contributed by atoms with Gasteiger partial charge in [0.25, 0.3) is 0 Å². The van der Waals surface area contributed by atoms with Crippen LogP contribution in [0.5, 0.6) is 0 Å². The van der Waals surface area contributed by atoms with E-state index in [2.05, 4.69) is 66.3 Å². The Balaban J connectivity index is 0.00000210. The maximum Gasteiger partial charge on any atom is 0.195 e. The van der Waals surface area contributed by atoms with Crippen LogP contribution in [0.25, 0.3) is 16.9 Å². The van der Waals surface area contributed by atoms with Crippen molar-refractivity contribution in [3.05, 3.63) is 100 Å². The second kappa shape index (κ2) is 8.51. The molecule has 4 rings (SSSR count). The predicted octanol–water partition coefficient (Wildman–Crippen LogP) is 3.06. The van der Waals surface area contributed by atoms with Crippen molar-refractivity contribution in [1.29, 1.82) is 0 Å². The quantitative estimate of drug-likeness (QED) is 0.470. The number of para-hydroxylation sites is 2. The summed E-state index contributed by atoms with van der Waals surface area (Å²) in [6.45, 7) is 4.30. The van der Waals surface area contributed by atoms with Crippen molar-refractivity contribution in [1.82, 2.24) is 4.57 Å². The fourth-order valence-electron chi connectivity index (χ4n) is 3.03. The molecule has 0 atom stereocenters. The van der Waals surface area contributed by atoms with Crippen LogP contribution >= 0.6 is 11.3 Å². The van der Waals surface area contributed by atoms with E-state index < -0.39 is 0 Å². The van der Waals surface area contributed by atoms with Crippen molar-refractivity contribution < 1.29 is 17.0 Å². The maximum absolute atomic E-state index is 4.90. The minimum absolute atomic E-state index is 0. The zero-order chi connectivity index (χ0) is 17.9. The molecular weight excluding hydrogens is 416 g/mol. The van der Waals surface area contributed by atoms with E-state index in [0.717, 1.165) is 16.2 Å². The Morgan fingerprint density at radius 2 is 1.48 bits per heavy atom. The topological polar surface area (TPSA) is 17.3 Å². The van der Waals surface area contributed by atoms with Gasteiger partial charge in [-0.05, 0) is 49.7 Å². The Bertz CT molecular complexity index is 1100. The normalized spacial score (nSPS) is 11.3. The Kier molecular flexibility index (Phi) is 6.09. The average Bonchev–Trinajstić information content (AvgIpc) is 3.08. The first kappa shape index (κ1) is 19.3. The van der Waals surface area contributed by atoms with E-state index in [-0.39, 0.29) is 17.0 Å². The molecule has 136 valence electrons. The second-order valence-corrected chi connectivity index (χ2v) is 7.18. The van der Waals surface area contributed by atoms with Crippen LogP contribution in [-0.2, 0) is 0 Å². The van der Waals surface area contributed by atoms with Gasteiger partial charge in [-0.1, -0.05) is 54.1 Å². The van der Waals surface area contributed by atoms with Gasteiger partial charge in [0.15, 0.2) is 4.80 Å². The number of benzene rings is 3. The number of thiazole rings is 1. The highest BCUT2D eigenvalue weighted by Crippen LogP contribution is 2.27. The van der Waals surface area contributed by atoms with Crippen molar-refractivity contribution in [2.45, 2.75) is 13.8 Å². The van der Waals surface area contributed by atoms with Gasteiger partial charge in [0.05, 0.1) is 11.4 Å². The number of aryl methyl sites for hydroxylation is 2. The molecule has 27 heavy (non-hydrogen) atoms. The number of rotatable bonds is 3. The summed E-state index contributed by atoms with van der Waals surface area (Å²) in [6.07, 6.45) is 0. The van der Waals surface area contributed by atoms with E-state index >= 15 is 0 Å². The van der Waals surface area contributed by atoms with Crippen LogP contribution in [0, 0.1) is 13.8 Å². The molecule has 3 aromatic carbocycles. The van der Waals surface area contributed by atoms with E-state index in [4.69, 9.17) is 4.99 Å². The Morgan fingerprint density at radius 1 is 0.815 bits per heavy atom. The summed E-state index contributed by atoms with van der Waals surface area (Å²) in [7, 11) is 0. The minimum Gasteiger partial charge on any atom is -1.00 e. The highest BCUT2D eigenvalue weighted by molar-refractivity contribution is 7.07. The van der Waals surface area contributed by atoms with Crippen LogP contribution in [0.4, 0.5) is 5.69 Å². The summed E-state index contributed by atoms with van der Waals surface area (Å²) in [5.74, 6) is 0. The molecule has 0 unspecified atom stereocenters. The zero-order valence-corrected chi connectivity index (χ0v) is 17.7. The van der Waals surface area contributed by atoms with Gasteiger partial charge in [-0.25, -0.2) is 4.99 Å². The van der Waals surface area contributed by atoms with Crippen molar-refractivity contribution in [2.24, 2.45) is 4.99 Å². The third-order valence-corrected chi connectivity index (χ3v) is 5.20. The predicted molar refractivity (Wildman–Crippen MR) is 110 cm³/mol. The summed E-state index contributed by atoms with van der Waals surface area (Å²) in [5.41, 5.74) is 7.05. The summed E-state index contributed by atoms with van der Waals surface area (Å²) < 4.78 is 2.25. The van der Waals surface area contributed by atoms with Gasteiger partial charge < -0.3 is 17.0 Å². The number of aromatic nitrogens is 1. The lowest BCUT2D eigenvalue weighted by Crippen LogP contribution is -3.00. The standard InChI is InChI=1S/C23H20N2S.BrH/c1-17-13-14-18(2)21(15-17)22-16-26-23(24-19-9-5-3-6-10-19)25(22)20-11-7-4-8-12-20;/h3-16H,1-2H3;1H/p-1. The molecule has 0 aliphatic heterocycles. The molecule has 1 heterocycles. The van der Waals surface area contributed by atoms with Crippen LogP contribution in [0.1, 0.15) is 11.1 Å². The minimum atomic E-state index is 0. The van der Waals surface area contributed by atoms with E-state index in [1.807, 2.05) is 36.4 Å². The molecule has 0 amide bonds. The number of nitrogens with zero attached hydrogens (tertiary/aromatic N) is 2. The molecule has 1 aromatic heterocycles. The SMILES string of the molecule is Cc1ccc(C)c(-c2csc(=Nc3ccccc3)n2-c2ccccc2)c1.[Br-]. The molecule has 4 heteroatoms. The van der Waals surface area contributed by atoms with Gasteiger partial charge in [-0.2, -0.15) is 0 Å². The molecule has 0 N–H and O–H groups in total. The van der Waals surface area contributed by atoms with E-state index in [9.17, 15) is 0 Å². The summed E-state index contributed by atoms with van der Waals surface area (Å²) in [6, 6.07) is 27.2. The van der Waals surface area contributed by atoms with Crippen LogP contribution in [0.15, 0.2) is 89.2 Å². The van der Waals surface area contributed by atoms with E-state index in [1.165, 1.54) is 22.4 Å². The third kappa shape index (κ3) is 4.12. The van der Waals surface area contributed by atoms with Crippen molar-refractivity contribution in [3.8, 4) is 16.9 Å². The van der Waals surface area contributed by atoms with Gasteiger partial charge in [-0.3, -0.25) is 4.57 Å². The van der Waals surface area contributed by atoms with Crippen LogP contribution in [0.3, 0.4) is 0 Å². The van der Waals surface area contributed by atoms with Crippen LogP contribution in [0.2, 0.25) is 0 Å². The molecule has 0 aliphatic rings. The van der Waals surface area contributed by atoms with Crippen molar-refractivity contribution in [2.75, 3.05) is 0 Å². The Hall–Kier alpha value is -2.43. The van der Waals surface area contributed by atoms with E-state index in [1.54, 1.807) is 11.3 Å². The molecule has 0 saturated carbocycles. The second-order valence-electron chi connectivity index (χ2n) is 6.34. The summed E-state index contributed by atoms with van der Waals surface area (Å²) in [5, 5.41) is 2.20. The van der Waals surface area contributed by atoms with Crippen molar-refractivity contribution >= 4 is 17.0 Å². The van der Waals surface area contributed by atoms with Gasteiger partial charge >= 0.3 is 0 Å². The maximum atomic E-state index is 4.90. The first-order valence-corrected chi connectivity index (χ1v) is 9.54. The largest absolute Gasteiger partial charge is 1.00 e. The molecule has 0 saturated heterocycles. The van der Waals surface area contributed by atoms with Crippen LogP contribution in [-0.4, -0.2) is 4.57 Å². The van der Waals surface area contributed by atoms with Gasteiger partial charge in [0.2, 0.25) is 0 Å². The van der Waals surface area contributed by atoms with Gasteiger partial charge in [0, 0.05) is 16.6 Å². The molecular formula is C23H20BrN2S-. The fourth-order valence-corrected chi connectivity index (χ4v) is 3.95. The average molecular weight is 436 g/mol. The Morgan fingerprint density at radius 3 is 2.19 bits per heavy atom. The highest BCUT2D eigenvalue weighted by atomic mass is 79.9. The highest BCUT2D eigenvalue weighted by Gasteiger charge is 2.12. The molecule has 2 nitrogen and oxygen atoms in total. The number of hydrogen-bond donors (Lipinski definition) is 0. The zero-order valence-electron chi connectivity index (χ0n) is 15.3. The number of hydrogen-bond acceptors (Lipinski definition) is 2. The molecule has 4 aromatic rings. The molecule has 0 spiro atoms. The fraction of sp³-hybridized carbons (Fsp3) is 0.0870. The number of halogens is 1. The van der Waals surface area contributed by atoms with Gasteiger partial charge in [0.1, 0.15) is 0 Å². The smallest absolute Gasteiger partial charge is 0.195 e. The molecule has 0 fully saturated rings. The van der Waals surface area contributed by atoms with E-state index in [0.29, 0.717) is 0 Å². The first-order valence-electron chi connectivity index (χ1n) is 8.66. The molecule has 0 aliphatic carbocycles. The lowest BCUT2D eigenvalue weighted by molar-refractivity contribution is -0.00000525. The van der Waals surface area contributed by atoms with Crippen molar-refractivity contribution in [3.63, 3.8) is 0 Å². The van der Waals surface area contributed by atoms with Gasteiger partial charge in [-0.15, -0.1) is 11.3 Å². The third-order valence-electron chi connectivity index (χ3n) is 4.37. The summed E-state index contributed by atoms with van der Waals surface area (Å²) >= 11 is 1.67. The Labute approximate surface area is 174 Å². The monoisotopic (exact) mass is 435 g/mol. The van der Waals surface area contributed by atoms with Crippen LogP contribution < -0.4 is 21.8 Å².